The maximum Gasteiger partial charge on any atom is 0.0361 e. The Kier molecular flexibility index (Phi) is 4.55. The standard InChI is InChI=1S/C6H14ClNO2S/c1-6(2,3)8(5-4-7)11(9)10/h4-5H2,1-3H3,(H,9,10)/p-1. The summed E-state index contributed by atoms with van der Waals surface area (Å²) in [7, 11) is 0. The van der Waals surface area contributed by atoms with Crippen LogP contribution in [-0.2, 0) is 11.3 Å². The van der Waals surface area contributed by atoms with Gasteiger partial charge in [0, 0.05) is 29.2 Å². The number of hydrogen-bond acceptors (Lipinski definition) is 2. The van der Waals surface area contributed by atoms with Crippen molar-refractivity contribution in [2.45, 2.75) is 26.3 Å². The van der Waals surface area contributed by atoms with Crippen molar-refractivity contribution in [1.82, 2.24) is 4.31 Å². The predicted octanol–water partition coefficient (Wildman–Crippen LogP) is 1.12. The van der Waals surface area contributed by atoms with Crippen molar-refractivity contribution in [2.24, 2.45) is 0 Å². The highest BCUT2D eigenvalue weighted by molar-refractivity contribution is 7.76. The number of rotatable bonds is 3. The largest absolute Gasteiger partial charge is 0.760 e. The molecule has 0 aliphatic heterocycles. The molecule has 0 radical (unpaired) electrons. The highest BCUT2D eigenvalue weighted by atomic mass is 35.5. The van der Waals surface area contributed by atoms with Gasteiger partial charge in [-0.15, -0.1) is 11.6 Å². The minimum Gasteiger partial charge on any atom is -0.760 e. The van der Waals surface area contributed by atoms with Crippen molar-refractivity contribution in [1.29, 1.82) is 0 Å². The van der Waals surface area contributed by atoms with Crippen LogP contribution < -0.4 is 0 Å². The van der Waals surface area contributed by atoms with Gasteiger partial charge in [-0.1, -0.05) is 0 Å². The van der Waals surface area contributed by atoms with Gasteiger partial charge in [0.1, 0.15) is 0 Å². The van der Waals surface area contributed by atoms with E-state index in [-0.39, 0.29) is 5.54 Å². The summed E-state index contributed by atoms with van der Waals surface area (Å²) in [6, 6.07) is 0. The Bertz CT molecular complexity index is 146. The van der Waals surface area contributed by atoms with E-state index in [1.165, 1.54) is 4.31 Å². The summed E-state index contributed by atoms with van der Waals surface area (Å²) in [5.74, 6) is 0.325. The molecule has 0 aromatic heterocycles. The van der Waals surface area contributed by atoms with Crippen LogP contribution in [0.15, 0.2) is 0 Å². The number of hydrogen-bond donors (Lipinski definition) is 0. The van der Waals surface area contributed by atoms with Gasteiger partial charge in [-0.05, 0) is 20.8 Å². The zero-order chi connectivity index (χ0) is 9.07. The van der Waals surface area contributed by atoms with Gasteiger partial charge in [0.25, 0.3) is 0 Å². The normalized spacial score (nSPS) is 15.5. The van der Waals surface area contributed by atoms with Crippen LogP contribution in [0.2, 0.25) is 0 Å². The predicted molar refractivity (Wildman–Crippen MR) is 46.1 cm³/mol. The Morgan fingerprint density at radius 3 is 2.09 bits per heavy atom. The summed E-state index contributed by atoms with van der Waals surface area (Å²) >= 11 is 3.26. The third-order valence-electron chi connectivity index (χ3n) is 1.22. The Hall–Kier alpha value is 0.360. The van der Waals surface area contributed by atoms with Crippen molar-refractivity contribution < 1.29 is 8.76 Å². The lowest BCUT2D eigenvalue weighted by Crippen LogP contribution is -2.43. The third kappa shape index (κ3) is 4.06. The van der Waals surface area contributed by atoms with Crippen LogP contribution in [-0.4, -0.2) is 31.0 Å². The Labute approximate surface area is 75.1 Å². The number of nitrogens with zero attached hydrogens (tertiary/aromatic N) is 1. The molecule has 1 unspecified atom stereocenters. The molecule has 0 aliphatic rings. The van der Waals surface area contributed by atoms with Gasteiger partial charge in [-0.25, -0.2) is 4.31 Å². The van der Waals surface area contributed by atoms with Crippen LogP contribution >= 0.6 is 11.6 Å². The Morgan fingerprint density at radius 2 is 2.00 bits per heavy atom. The van der Waals surface area contributed by atoms with Crippen molar-refractivity contribution in [3.05, 3.63) is 0 Å². The second-order valence-electron chi connectivity index (χ2n) is 3.18. The van der Waals surface area contributed by atoms with Crippen LogP contribution in [0.3, 0.4) is 0 Å². The number of alkyl halides is 1. The van der Waals surface area contributed by atoms with Crippen molar-refractivity contribution in [3.63, 3.8) is 0 Å². The SMILES string of the molecule is CC(C)(C)N(CCCl)S(=O)[O-]. The zero-order valence-corrected chi connectivity index (χ0v) is 8.54. The minimum atomic E-state index is -2.17. The first-order chi connectivity index (χ1) is 4.89. The average molecular weight is 199 g/mol. The van der Waals surface area contributed by atoms with Crippen LogP contribution in [0.4, 0.5) is 0 Å². The van der Waals surface area contributed by atoms with E-state index in [1.54, 1.807) is 0 Å². The van der Waals surface area contributed by atoms with E-state index >= 15 is 0 Å². The average Bonchev–Trinajstić information content (AvgIpc) is 1.79. The minimum absolute atomic E-state index is 0.325. The smallest absolute Gasteiger partial charge is 0.0361 e. The van der Waals surface area contributed by atoms with Gasteiger partial charge < -0.3 is 4.55 Å². The molecule has 0 fully saturated rings. The molecular formula is C6H13ClNO2S-. The Morgan fingerprint density at radius 1 is 1.55 bits per heavy atom. The zero-order valence-electron chi connectivity index (χ0n) is 6.96. The second-order valence-corrected chi connectivity index (χ2v) is 4.43. The molecular weight excluding hydrogens is 186 g/mol. The molecule has 0 aromatic rings. The van der Waals surface area contributed by atoms with Gasteiger partial charge in [0.05, 0.1) is 0 Å². The van der Waals surface area contributed by atoms with E-state index in [2.05, 4.69) is 0 Å². The van der Waals surface area contributed by atoms with Crippen molar-refractivity contribution in [3.8, 4) is 0 Å². The summed E-state index contributed by atoms with van der Waals surface area (Å²) in [5, 5.41) is 0. The molecule has 0 aromatic carbocycles. The van der Waals surface area contributed by atoms with Crippen LogP contribution in [0.25, 0.3) is 0 Å². The fourth-order valence-electron chi connectivity index (χ4n) is 0.710. The molecule has 0 saturated carbocycles. The monoisotopic (exact) mass is 198 g/mol. The summed E-state index contributed by atoms with van der Waals surface area (Å²) in [6.07, 6.45) is 0. The van der Waals surface area contributed by atoms with E-state index in [0.29, 0.717) is 12.4 Å². The fourth-order valence-corrected chi connectivity index (χ4v) is 1.67. The molecule has 0 saturated heterocycles. The van der Waals surface area contributed by atoms with Gasteiger partial charge in [-0.2, -0.15) is 0 Å². The highest BCUT2D eigenvalue weighted by Crippen LogP contribution is 2.14. The lowest BCUT2D eigenvalue weighted by atomic mass is 10.1. The molecule has 1 atom stereocenters. The van der Waals surface area contributed by atoms with Crippen molar-refractivity contribution >= 4 is 22.9 Å². The van der Waals surface area contributed by atoms with Gasteiger partial charge in [0.2, 0.25) is 0 Å². The van der Waals surface area contributed by atoms with E-state index < -0.39 is 11.3 Å². The Balaban J connectivity index is 4.22. The maximum atomic E-state index is 10.6. The first-order valence-electron chi connectivity index (χ1n) is 3.32. The molecule has 0 rings (SSSR count). The molecule has 0 amide bonds. The van der Waals surface area contributed by atoms with E-state index in [0.717, 1.165) is 0 Å². The summed E-state index contributed by atoms with van der Waals surface area (Å²) in [5.41, 5.74) is -0.374. The first kappa shape index (κ1) is 11.4. The van der Waals surface area contributed by atoms with Gasteiger partial charge in [-0.3, -0.25) is 4.21 Å². The molecule has 0 heterocycles. The van der Waals surface area contributed by atoms with E-state index in [1.807, 2.05) is 20.8 Å². The summed E-state index contributed by atoms with van der Waals surface area (Å²) in [4.78, 5) is 0. The maximum absolute atomic E-state index is 10.6. The summed E-state index contributed by atoms with van der Waals surface area (Å²) in [6.45, 7) is 5.85. The van der Waals surface area contributed by atoms with E-state index in [9.17, 15) is 8.76 Å². The lowest BCUT2D eigenvalue weighted by molar-refractivity contribution is 0.253. The van der Waals surface area contributed by atoms with Gasteiger partial charge >= 0.3 is 0 Å². The molecule has 0 spiro atoms. The van der Waals surface area contributed by atoms with Gasteiger partial charge in [0.15, 0.2) is 0 Å². The quantitative estimate of drug-likeness (QED) is 0.504. The van der Waals surface area contributed by atoms with Crippen molar-refractivity contribution in [2.75, 3.05) is 12.4 Å². The molecule has 0 aliphatic carbocycles. The molecule has 0 bridgehead atoms. The van der Waals surface area contributed by atoms with Crippen LogP contribution in [0, 0.1) is 0 Å². The van der Waals surface area contributed by atoms with Crippen LogP contribution in [0.5, 0.6) is 0 Å². The lowest BCUT2D eigenvalue weighted by Gasteiger charge is -2.35. The van der Waals surface area contributed by atoms with E-state index in [4.69, 9.17) is 11.6 Å². The first-order valence-corrected chi connectivity index (χ1v) is 4.89. The molecule has 0 N–H and O–H groups in total. The second kappa shape index (κ2) is 4.40. The molecule has 11 heavy (non-hydrogen) atoms. The highest BCUT2D eigenvalue weighted by Gasteiger charge is 2.20. The number of halogens is 1. The molecule has 5 heteroatoms. The summed E-state index contributed by atoms with van der Waals surface area (Å²) < 4.78 is 22.5. The third-order valence-corrected chi connectivity index (χ3v) is 2.47. The molecule has 3 nitrogen and oxygen atoms in total. The topological polar surface area (TPSA) is 43.4 Å². The fraction of sp³-hybridized carbons (Fsp3) is 1.00. The molecule has 68 valence electrons. The van der Waals surface area contributed by atoms with Crippen LogP contribution in [0.1, 0.15) is 20.8 Å².